The highest BCUT2D eigenvalue weighted by molar-refractivity contribution is 5.80. The second kappa shape index (κ2) is 3.14. The Morgan fingerprint density at radius 2 is 2.00 bits per heavy atom. The van der Waals surface area contributed by atoms with E-state index in [0.29, 0.717) is 6.54 Å². The van der Waals surface area contributed by atoms with Crippen LogP contribution in [0, 0.1) is 5.82 Å². The lowest BCUT2D eigenvalue weighted by molar-refractivity contribution is -0.118. The molecular weight excluding hydrogens is 171 g/mol. The number of halogens is 1. The number of nitrogens with one attached hydrogen (secondary N) is 2. The third kappa shape index (κ3) is 1.67. The molecule has 1 fully saturated rings. The first-order chi connectivity index (χ1) is 6.25. The molecule has 0 bridgehead atoms. The van der Waals surface area contributed by atoms with Crippen molar-refractivity contribution in [2.75, 3.05) is 6.54 Å². The molecule has 1 aromatic carbocycles. The third-order valence-electron chi connectivity index (χ3n) is 1.98. The van der Waals surface area contributed by atoms with Gasteiger partial charge in [0.05, 0.1) is 6.54 Å². The summed E-state index contributed by atoms with van der Waals surface area (Å²) in [4.78, 5) is 10.8. The zero-order chi connectivity index (χ0) is 9.26. The SMILES string of the molecule is O=C1CNC(c2ccc(F)cc2)N1. The monoisotopic (exact) mass is 180 g/mol. The van der Waals surface area contributed by atoms with E-state index in [1.807, 2.05) is 0 Å². The van der Waals surface area contributed by atoms with Crippen LogP contribution in [0.2, 0.25) is 0 Å². The summed E-state index contributed by atoms with van der Waals surface area (Å²) in [6, 6.07) is 6.06. The minimum atomic E-state index is -0.270. The summed E-state index contributed by atoms with van der Waals surface area (Å²) in [5.74, 6) is -0.303. The van der Waals surface area contributed by atoms with E-state index in [0.717, 1.165) is 5.56 Å². The van der Waals surface area contributed by atoms with Crippen molar-refractivity contribution in [2.24, 2.45) is 0 Å². The molecule has 1 aliphatic heterocycles. The van der Waals surface area contributed by atoms with Gasteiger partial charge >= 0.3 is 0 Å². The Morgan fingerprint density at radius 3 is 2.54 bits per heavy atom. The van der Waals surface area contributed by atoms with E-state index >= 15 is 0 Å². The fraction of sp³-hybridized carbons (Fsp3) is 0.222. The van der Waals surface area contributed by atoms with Crippen LogP contribution in [0.15, 0.2) is 24.3 Å². The van der Waals surface area contributed by atoms with Crippen molar-refractivity contribution in [3.8, 4) is 0 Å². The maximum absolute atomic E-state index is 12.5. The van der Waals surface area contributed by atoms with Gasteiger partial charge in [-0.1, -0.05) is 12.1 Å². The molecular formula is C9H9FN2O. The Kier molecular flexibility index (Phi) is 1.98. The van der Waals surface area contributed by atoms with Crippen molar-refractivity contribution in [1.82, 2.24) is 10.6 Å². The van der Waals surface area contributed by atoms with Crippen molar-refractivity contribution in [3.05, 3.63) is 35.6 Å². The molecule has 1 aromatic rings. The van der Waals surface area contributed by atoms with Gasteiger partial charge < -0.3 is 5.32 Å². The van der Waals surface area contributed by atoms with Gasteiger partial charge in [0.2, 0.25) is 5.91 Å². The van der Waals surface area contributed by atoms with Crippen LogP contribution in [-0.2, 0) is 4.79 Å². The fourth-order valence-corrected chi connectivity index (χ4v) is 1.31. The fourth-order valence-electron chi connectivity index (χ4n) is 1.31. The van der Waals surface area contributed by atoms with Gasteiger partial charge in [0.25, 0.3) is 0 Å². The highest BCUT2D eigenvalue weighted by Gasteiger charge is 2.20. The molecule has 1 aliphatic rings. The van der Waals surface area contributed by atoms with Crippen LogP contribution in [0.4, 0.5) is 4.39 Å². The van der Waals surface area contributed by atoms with E-state index in [1.54, 1.807) is 12.1 Å². The summed E-state index contributed by atoms with van der Waals surface area (Å²) in [5.41, 5.74) is 0.868. The topological polar surface area (TPSA) is 41.1 Å². The molecule has 0 saturated carbocycles. The zero-order valence-corrected chi connectivity index (χ0v) is 6.88. The largest absolute Gasteiger partial charge is 0.336 e. The molecule has 13 heavy (non-hydrogen) atoms. The molecule has 1 unspecified atom stereocenters. The van der Waals surface area contributed by atoms with Gasteiger partial charge in [0.1, 0.15) is 12.0 Å². The van der Waals surface area contributed by atoms with E-state index in [-0.39, 0.29) is 17.9 Å². The molecule has 1 heterocycles. The second-order valence-corrected chi connectivity index (χ2v) is 2.93. The molecule has 1 saturated heterocycles. The van der Waals surface area contributed by atoms with Gasteiger partial charge in [0, 0.05) is 0 Å². The predicted molar refractivity (Wildman–Crippen MR) is 45.3 cm³/mol. The number of hydrogen-bond donors (Lipinski definition) is 2. The summed E-state index contributed by atoms with van der Waals surface area (Å²) in [6.07, 6.45) is -0.173. The number of carbonyl (C=O) groups excluding carboxylic acids is 1. The predicted octanol–water partition coefficient (Wildman–Crippen LogP) is 0.544. The van der Waals surface area contributed by atoms with Crippen molar-refractivity contribution >= 4 is 5.91 Å². The average molecular weight is 180 g/mol. The number of carbonyl (C=O) groups is 1. The highest BCUT2D eigenvalue weighted by atomic mass is 19.1. The van der Waals surface area contributed by atoms with E-state index in [4.69, 9.17) is 0 Å². The van der Waals surface area contributed by atoms with Crippen LogP contribution >= 0.6 is 0 Å². The summed E-state index contributed by atoms with van der Waals surface area (Å²) in [6.45, 7) is 0.321. The molecule has 4 heteroatoms. The highest BCUT2D eigenvalue weighted by Crippen LogP contribution is 2.12. The molecule has 1 amide bonds. The van der Waals surface area contributed by atoms with Crippen LogP contribution in [-0.4, -0.2) is 12.5 Å². The first kappa shape index (κ1) is 8.19. The van der Waals surface area contributed by atoms with Crippen LogP contribution in [0.5, 0.6) is 0 Å². The molecule has 0 spiro atoms. The Balaban J connectivity index is 2.17. The van der Waals surface area contributed by atoms with Crippen molar-refractivity contribution < 1.29 is 9.18 Å². The lowest BCUT2D eigenvalue weighted by Gasteiger charge is -2.09. The lowest BCUT2D eigenvalue weighted by Crippen LogP contribution is -2.22. The first-order valence-corrected chi connectivity index (χ1v) is 4.04. The number of rotatable bonds is 1. The molecule has 0 aromatic heterocycles. The van der Waals surface area contributed by atoms with Crippen LogP contribution in [0.3, 0.4) is 0 Å². The normalized spacial score (nSPS) is 21.6. The van der Waals surface area contributed by atoms with E-state index < -0.39 is 0 Å². The van der Waals surface area contributed by atoms with Gasteiger partial charge in [-0.3, -0.25) is 10.1 Å². The standard InChI is InChI=1S/C9H9FN2O/c10-7-3-1-6(2-4-7)9-11-5-8(13)12-9/h1-4,9,11H,5H2,(H,12,13). The molecule has 3 nitrogen and oxygen atoms in total. The Morgan fingerprint density at radius 1 is 1.31 bits per heavy atom. The van der Waals surface area contributed by atoms with Crippen LogP contribution in [0.1, 0.15) is 11.7 Å². The zero-order valence-electron chi connectivity index (χ0n) is 6.88. The van der Waals surface area contributed by atoms with E-state index in [1.165, 1.54) is 12.1 Å². The van der Waals surface area contributed by atoms with Gasteiger partial charge in [-0.25, -0.2) is 4.39 Å². The maximum atomic E-state index is 12.5. The first-order valence-electron chi connectivity index (χ1n) is 4.04. The molecule has 0 radical (unpaired) electrons. The minimum Gasteiger partial charge on any atom is -0.336 e. The van der Waals surface area contributed by atoms with Crippen LogP contribution in [0.25, 0.3) is 0 Å². The van der Waals surface area contributed by atoms with Gasteiger partial charge in [-0.05, 0) is 17.7 Å². The Hall–Kier alpha value is -1.42. The van der Waals surface area contributed by atoms with Gasteiger partial charge in [0.15, 0.2) is 0 Å². The third-order valence-corrected chi connectivity index (χ3v) is 1.98. The number of benzene rings is 1. The van der Waals surface area contributed by atoms with Crippen molar-refractivity contribution in [3.63, 3.8) is 0 Å². The smallest absolute Gasteiger partial charge is 0.235 e. The van der Waals surface area contributed by atoms with Gasteiger partial charge in [-0.2, -0.15) is 0 Å². The quantitative estimate of drug-likeness (QED) is 0.662. The van der Waals surface area contributed by atoms with Crippen molar-refractivity contribution in [1.29, 1.82) is 0 Å². The maximum Gasteiger partial charge on any atom is 0.235 e. The van der Waals surface area contributed by atoms with Crippen LogP contribution < -0.4 is 10.6 Å². The Bertz CT molecular complexity index is 323. The summed E-state index contributed by atoms with van der Waals surface area (Å²) < 4.78 is 12.5. The van der Waals surface area contributed by atoms with Crippen molar-refractivity contribution in [2.45, 2.75) is 6.17 Å². The molecule has 1 atom stereocenters. The number of amides is 1. The molecule has 0 aliphatic carbocycles. The lowest BCUT2D eigenvalue weighted by atomic mass is 10.2. The Labute approximate surface area is 74.9 Å². The van der Waals surface area contributed by atoms with Gasteiger partial charge in [-0.15, -0.1) is 0 Å². The van der Waals surface area contributed by atoms with E-state index in [2.05, 4.69) is 10.6 Å². The molecule has 2 N–H and O–H groups in total. The summed E-state index contributed by atoms with van der Waals surface area (Å²) in [7, 11) is 0. The summed E-state index contributed by atoms with van der Waals surface area (Å²) >= 11 is 0. The second-order valence-electron chi connectivity index (χ2n) is 2.93. The molecule has 68 valence electrons. The van der Waals surface area contributed by atoms with E-state index in [9.17, 15) is 9.18 Å². The average Bonchev–Trinajstić information content (AvgIpc) is 2.53. The number of hydrogen-bond acceptors (Lipinski definition) is 2. The minimum absolute atomic E-state index is 0.0330. The molecule has 2 rings (SSSR count). The summed E-state index contributed by atoms with van der Waals surface area (Å²) in [5, 5.41) is 5.68.